The number of benzene rings is 1. The van der Waals surface area contributed by atoms with Crippen LogP contribution < -0.4 is 0 Å². The summed E-state index contributed by atoms with van der Waals surface area (Å²) in [6, 6.07) is 16.0. The van der Waals surface area contributed by atoms with Gasteiger partial charge in [-0.3, -0.25) is 9.89 Å². The highest BCUT2D eigenvalue weighted by Crippen LogP contribution is 2.25. The summed E-state index contributed by atoms with van der Waals surface area (Å²) in [5, 5.41) is 9.72. The number of rotatable bonds is 6. The SMILES string of the molecule is Cc1cc(C(=O)CSc2n[nH]c(-c3cccs3)n2)c(C)n1-c1ccccc1. The summed E-state index contributed by atoms with van der Waals surface area (Å²) in [6.07, 6.45) is 0. The van der Waals surface area contributed by atoms with E-state index < -0.39 is 0 Å². The van der Waals surface area contributed by atoms with Crippen LogP contribution in [0.1, 0.15) is 21.7 Å². The topological polar surface area (TPSA) is 63.6 Å². The summed E-state index contributed by atoms with van der Waals surface area (Å²) in [5.41, 5.74) is 3.81. The molecule has 0 saturated heterocycles. The molecule has 1 N–H and O–H groups in total. The predicted molar refractivity (Wildman–Crippen MR) is 110 cm³/mol. The quantitative estimate of drug-likeness (QED) is 0.373. The fourth-order valence-electron chi connectivity index (χ4n) is 3.06. The van der Waals surface area contributed by atoms with Crippen molar-refractivity contribution in [2.24, 2.45) is 0 Å². The summed E-state index contributed by atoms with van der Waals surface area (Å²) in [5.74, 6) is 1.13. The molecule has 0 bridgehead atoms. The van der Waals surface area contributed by atoms with Crippen LogP contribution in [0.5, 0.6) is 0 Å². The second-order valence-electron chi connectivity index (χ2n) is 6.11. The molecule has 3 heterocycles. The Kier molecular flexibility index (Phi) is 4.96. The van der Waals surface area contributed by atoms with E-state index in [0.29, 0.717) is 10.9 Å². The van der Waals surface area contributed by atoms with Gasteiger partial charge in [0.2, 0.25) is 5.16 Å². The molecule has 0 aliphatic rings. The van der Waals surface area contributed by atoms with Crippen molar-refractivity contribution in [2.45, 2.75) is 19.0 Å². The summed E-state index contributed by atoms with van der Waals surface area (Å²) < 4.78 is 2.11. The number of thioether (sulfide) groups is 1. The first-order valence-electron chi connectivity index (χ1n) is 8.50. The Labute approximate surface area is 165 Å². The molecule has 0 saturated carbocycles. The van der Waals surface area contributed by atoms with E-state index in [-0.39, 0.29) is 5.78 Å². The first kappa shape index (κ1) is 17.8. The third kappa shape index (κ3) is 3.61. The van der Waals surface area contributed by atoms with Crippen LogP contribution in [0.3, 0.4) is 0 Å². The van der Waals surface area contributed by atoms with Crippen LogP contribution in [-0.2, 0) is 0 Å². The molecule has 4 aromatic rings. The van der Waals surface area contributed by atoms with Gasteiger partial charge in [-0.2, -0.15) is 0 Å². The Bertz CT molecular complexity index is 1070. The number of nitrogens with one attached hydrogen (secondary N) is 1. The van der Waals surface area contributed by atoms with Crippen molar-refractivity contribution in [3.8, 4) is 16.4 Å². The number of ketones is 1. The minimum absolute atomic E-state index is 0.0813. The van der Waals surface area contributed by atoms with Crippen LogP contribution in [0.15, 0.2) is 59.1 Å². The zero-order valence-electron chi connectivity index (χ0n) is 15.0. The average Bonchev–Trinajstić information content (AvgIpc) is 3.41. The molecule has 0 radical (unpaired) electrons. The molecule has 27 heavy (non-hydrogen) atoms. The van der Waals surface area contributed by atoms with Crippen molar-refractivity contribution >= 4 is 28.9 Å². The van der Waals surface area contributed by atoms with Crippen LogP contribution in [0.2, 0.25) is 0 Å². The molecule has 0 aliphatic heterocycles. The minimum atomic E-state index is 0.0813. The maximum absolute atomic E-state index is 12.8. The number of carbonyl (C=O) groups excluding carboxylic acids is 1. The van der Waals surface area contributed by atoms with E-state index in [1.165, 1.54) is 11.8 Å². The maximum Gasteiger partial charge on any atom is 0.209 e. The summed E-state index contributed by atoms with van der Waals surface area (Å²) in [7, 11) is 0. The predicted octanol–water partition coefficient (Wildman–Crippen LogP) is 4.92. The highest BCUT2D eigenvalue weighted by atomic mass is 32.2. The van der Waals surface area contributed by atoms with Gasteiger partial charge in [0.05, 0.1) is 10.6 Å². The lowest BCUT2D eigenvalue weighted by Gasteiger charge is -2.09. The summed E-state index contributed by atoms with van der Waals surface area (Å²) in [4.78, 5) is 18.3. The monoisotopic (exact) mass is 394 g/mol. The second kappa shape index (κ2) is 7.54. The molecule has 0 spiro atoms. The largest absolute Gasteiger partial charge is 0.318 e. The van der Waals surface area contributed by atoms with Gasteiger partial charge in [0.15, 0.2) is 11.6 Å². The molecule has 0 fully saturated rings. The van der Waals surface area contributed by atoms with Crippen LogP contribution in [0, 0.1) is 13.8 Å². The molecular weight excluding hydrogens is 376 g/mol. The lowest BCUT2D eigenvalue weighted by atomic mass is 10.2. The van der Waals surface area contributed by atoms with E-state index in [1.807, 2.05) is 67.8 Å². The molecule has 136 valence electrons. The zero-order valence-corrected chi connectivity index (χ0v) is 16.6. The average molecular weight is 395 g/mol. The highest BCUT2D eigenvalue weighted by molar-refractivity contribution is 7.99. The number of nitrogens with zero attached hydrogens (tertiary/aromatic N) is 3. The number of carbonyl (C=O) groups is 1. The number of aryl methyl sites for hydroxylation is 1. The highest BCUT2D eigenvalue weighted by Gasteiger charge is 2.18. The molecule has 0 aliphatic carbocycles. The lowest BCUT2D eigenvalue weighted by molar-refractivity contribution is 0.102. The summed E-state index contributed by atoms with van der Waals surface area (Å²) >= 11 is 2.96. The van der Waals surface area contributed by atoms with Crippen molar-refractivity contribution in [3.05, 3.63) is 70.9 Å². The fourth-order valence-corrected chi connectivity index (χ4v) is 4.41. The van der Waals surface area contributed by atoms with Gasteiger partial charge in [0.25, 0.3) is 0 Å². The van der Waals surface area contributed by atoms with Crippen molar-refractivity contribution in [1.29, 1.82) is 0 Å². The first-order chi connectivity index (χ1) is 13.1. The number of H-pyrrole nitrogens is 1. The molecule has 1 aromatic carbocycles. The Balaban J connectivity index is 1.49. The zero-order chi connectivity index (χ0) is 18.8. The van der Waals surface area contributed by atoms with Crippen LogP contribution in [0.25, 0.3) is 16.4 Å². The number of aromatic amines is 1. The van der Waals surface area contributed by atoms with Gasteiger partial charge >= 0.3 is 0 Å². The van der Waals surface area contributed by atoms with Gasteiger partial charge < -0.3 is 4.57 Å². The van der Waals surface area contributed by atoms with E-state index in [9.17, 15) is 4.79 Å². The standard InChI is InChI=1S/C20H18N4OS2/c1-13-11-16(14(2)24(13)15-7-4-3-5-8-15)17(25)12-27-20-21-19(22-23-20)18-9-6-10-26-18/h3-11H,12H2,1-2H3,(H,21,22,23). The fraction of sp³-hybridized carbons (Fsp3) is 0.150. The Morgan fingerprint density at radius 1 is 1.19 bits per heavy atom. The van der Waals surface area contributed by atoms with Crippen LogP contribution >= 0.6 is 23.1 Å². The van der Waals surface area contributed by atoms with Gasteiger partial charge in [-0.15, -0.1) is 16.4 Å². The Morgan fingerprint density at radius 3 is 2.74 bits per heavy atom. The molecule has 0 unspecified atom stereocenters. The number of thiophene rings is 1. The first-order valence-corrected chi connectivity index (χ1v) is 10.4. The Morgan fingerprint density at radius 2 is 2.00 bits per heavy atom. The third-order valence-electron chi connectivity index (χ3n) is 4.30. The molecule has 3 aromatic heterocycles. The van der Waals surface area contributed by atoms with E-state index >= 15 is 0 Å². The molecule has 0 amide bonds. The third-order valence-corrected chi connectivity index (χ3v) is 6.02. The van der Waals surface area contributed by atoms with Gasteiger partial charge in [0.1, 0.15) is 0 Å². The van der Waals surface area contributed by atoms with E-state index in [2.05, 4.69) is 19.7 Å². The lowest BCUT2D eigenvalue weighted by Crippen LogP contribution is -2.05. The summed E-state index contributed by atoms with van der Waals surface area (Å²) in [6.45, 7) is 4.01. The van der Waals surface area contributed by atoms with E-state index in [1.54, 1.807) is 11.3 Å². The van der Waals surface area contributed by atoms with Gasteiger partial charge in [0, 0.05) is 22.6 Å². The molecule has 4 rings (SSSR count). The van der Waals surface area contributed by atoms with Gasteiger partial charge in [-0.1, -0.05) is 36.0 Å². The number of aromatic nitrogens is 4. The number of Topliss-reactive ketones (excluding diaryl/α,β-unsaturated/α-hetero) is 1. The van der Waals surface area contributed by atoms with Crippen molar-refractivity contribution in [3.63, 3.8) is 0 Å². The van der Waals surface area contributed by atoms with Crippen molar-refractivity contribution < 1.29 is 4.79 Å². The van der Waals surface area contributed by atoms with Crippen LogP contribution in [0.4, 0.5) is 0 Å². The number of hydrogen-bond acceptors (Lipinski definition) is 5. The van der Waals surface area contributed by atoms with Gasteiger partial charge in [-0.25, -0.2) is 4.98 Å². The molecular formula is C20H18N4OS2. The normalized spacial score (nSPS) is 11.0. The van der Waals surface area contributed by atoms with Gasteiger partial charge in [-0.05, 0) is 43.5 Å². The number of para-hydroxylation sites is 1. The van der Waals surface area contributed by atoms with Crippen molar-refractivity contribution in [1.82, 2.24) is 19.7 Å². The van der Waals surface area contributed by atoms with Crippen LogP contribution in [-0.4, -0.2) is 31.3 Å². The van der Waals surface area contributed by atoms with E-state index in [4.69, 9.17) is 0 Å². The second-order valence-corrected chi connectivity index (χ2v) is 8.00. The van der Waals surface area contributed by atoms with E-state index in [0.717, 1.165) is 33.3 Å². The van der Waals surface area contributed by atoms with Crippen molar-refractivity contribution in [2.75, 3.05) is 5.75 Å². The minimum Gasteiger partial charge on any atom is -0.318 e. The Hall–Kier alpha value is -2.64. The molecule has 5 nitrogen and oxygen atoms in total. The smallest absolute Gasteiger partial charge is 0.209 e. The number of hydrogen-bond donors (Lipinski definition) is 1. The molecule has 7 heteroatoms. The molecule has 0 atom stereocenters. The maximum atomic E-state index is 12.8.